The van der Waals surface area contributed by atoms with Crippen LogP contribution < -0.4 is 5.32 Å². The average molecular weight is 397 g/mol. The van der Waals surface area contributed by atoms with E-state index in [-0.39, 0.29) is 36.8 Å². The maximum absolute atomic E-state index is 12.6. The molecule has 2 aliphatic heterocycles. The third-order valence-electron chi connectivity index (χ3n) is 4.67. The monoisotopic (exact) mass is 396 g/mol. The molecule has 4 amide bonds. The fraction of sp³-hybridized carbons (Fsp3) is 0.500. The predicted octanol–water partition coefficient (Wildman–Crippen LogP) is 0.319. The Labute approximate surface area is 164 Å². The van der Waals surface area contributed by atoms with E-state index in [1.54, 1.807) is 12.0 Å². The highest BCUT2D eigenvalue weighted by Crippen LogP contribution is 2.22. The van der Waals surface area contributed by atoms with Gasteiger partial charge in [-0.2, -0.15) is 0 Å². The summed E-state index contributed by atoms with van der Waals surface area (Å²) in [5.74, 6) is -0.653. The number of fused-ring (bicyclic) bond motifs is 1. The average Bonchev–Trinajstić information content (AvgIpc) is 2.87. The van der Waals surface area contributed by atoms with Crippen LogP contribution in [0.25, 0.3) is 0 Å². The predicted molar refractivity (Wildman–Crippen MR) is 101 cm³/mol. The van der Waals surface area contributed by atoms with Crippen molar-refractivity contribution in [2.75, 3.05) is 46.4 Å². The summed E-state index contributed by atoms with van der Waals surface area (Å²) in [7, 11) is 1.54. The van der Waals surface area contributed by atoms with Gasteiger partial charge in [-0.25, -0.2) is 4.79 Å². The Bertz CT molecular complexity index is 673. The number of urea groups is 1. The summed E-state index contributed by atoms with van der Waals surface area (Å²) in [6.07, 6.45) is 0. The molecule has 1 aromatic rings. The van der Waals surface area contributed by atoms with Crippen LogP contribution in [0.3, 0.4) is 0 Å². The lowest BCUT2D eigenvalue weighted by Gasteiger charge is -2.35. The lowest BCUT2D eigenvalue weighted by Crippen LogP contribution is -2.52. The summed E-state index contributed by atoms with van der Waals surface area (Å²) < 4.78 is 4.87. The van der Waals surface area contributed by atoms with Gasteiger partial charge >= 0.3 is 6.03 Å². The molecule has 1 atom stereocenters. The molecule has 0 spiro atoms. The molecule has 2 fully saturated rings. The van der Waals surface area contributed by atoms with Crippen LogP contribution in [0, 0.1) is 0 Å². The van der Waals surface area contributed by atoms with E-state index < -0.39 is 6.04 Å². The zero-order chi connectivity index (χ0) is 18.5. The van der Waals surface area contributed by atoms with Crippen molar-refractivity contribution in [3.8, 4) is 0 Å². The number of hydrogen-bond donors (Lipinski definition) is 1. The molecule has 2 saturated heterocycles. The zero-order valence-electron chi connectivity index (χ0n) is 15.3. The Morgan fingerprint density at radius 3 is 2.67 bits per heavy atom. The normalized spacial score (nSPS) is 19.7. The second-order valence-corrected chi connectivity index (χ2v) is 6.48. The number of ether oxygens (including phenoxy) is 1. The maximum atomic E-state index is 12.6. The molecule has 148 valence electrons. The number of nitrogens with zero attached hydrogens (tertiary/aromatic N) is 3. The third-order valence-corrected chi connectivity index (χ3v) is 4.67. The molecule has 8 nitrogen and oxygen atoms in total. The van der Waals surface area contributed by atoms with Crippen molar-refractivity contribution in [1.82, 2.24) is 20.0 Å². The molecule has 9 heteroatoms. The molecule has 0 radical (unpaired) electrons. The zero-order valence-corrected chi connectivity index (χ0v) is 16.1. The molecule has 3 rings (SSSR count). The second kappa shape index (κ2) is 9.68. The summed E-state index contributed by atoms with van der Waals surface area (Å²) in [5.41, 5.74) is 1.17. The molecule has 0 bridgehead atoms. The van der Waals surface area contributed by atoms with Crippen molar-refractivity contribution in [3.05, 3.63) is 35.9 Å². The van der Waals surface area contributed by atoms with Crippen LogP contribution in [0.2, 0.25) is 0 Å². The number of hydrogen-bond acceptors (Lipinski definition) is 5. The van der Waals surface area contributed by atoms with Gasteiger partial charge in [0, 0.05) is 39.8 Å². The van der Waals surface area contributed by atoms with E-state index >= 15 is 0 Å². The van der Waals surface area contributed by atoms with E-state index in [0.29, 0.717) is 32.8 Å². The number of carbonyl (C=O) groups is 3. The summed E-state index contributed by atoms with van der Waals surface area (Å²) in [4.78, 5) is 41.9. The number of rotatable bonds is 7. The van der Waals surface area contributed by atoms with Gasteiger partial charge in [0.1, 0.15) is 12.6 Å². The van der Waals surface area contributed by atoms with Crippen LogP contribution in [0.5, 0.6) is 0 Å². The Morgan fingerprint density at radius 2 is 1.96 bits per heavy atom. The Balaban J connectivity index is 0.00000261. The van der Waals surface area contributed by atoms with Crippen LogP contribution in [0.15, 0.2) is 30.3 Å². The molecule has 2 aliphatic rings. The Morgan fingerprint density at radius 1 is 1.22 bits per heavy atom. The minimum atomic E-state index is -0.508. The lowest BCUT2D eigenvalue weighted by molar-refractivity contribution is -0.133. The number of halogens is 1. The quantitative estimate of drug-likeness (QED) is 0.530. The van der Waals surface area contributed by atoms with Crippen LogP contribution >= 0.6 is 12.4 Å². The van der Waals surface area contributed by atoms with Crippen LogP contribution in [-0.2, 0) is 20.9 Å². The maximum Gasteiger partial charge on any atom is 0.328 e. The van der Waals surface area contributed by atoms with Gasteiger partial charge in [-0.15, -0.1) is 12.4 Å². The third kappa shape index (κ3) is 4.97. The van der Waals surface area contributed by atoms with Gasteiger partial charge in [0.15, 0.2) is 0 Å². The minimum absolute atomic E-state index is 0. The van der Waals surface area contributed by atoms with Gasteiger partial charge in [-0.1, -0.05) is 30.3 Å². The van der Waals surface area contributed by atoms with Gasteiger partial charge in [-0.3, -0.25) is 19.4 Å². The second-order valence-electron chi connectivity index (χ2n) is 6.48. The minimum Gasteiger partial charge on any atom is -0.383 e. The molecule has 0 aliphatic carbocycles. The van der Waals surface area contributed by atoms with Crippen molar-refractivity contribution in [2.45, 2.75) is 12.6 Å². The summed E-state index contributed by atoms with van der Waals surface area (Å²) in [5, 5.41) is 2.64. The highest BCUT2D eigenvalue weighted by Gasteiger charge is 2.47. The number of nitrogens with one attached hydrogen (secondary N) is 1. The SMILES string of the molecule is COCCNC(=O)CN1C(=O)C2CN(Cc3ccccc3)CCN2C1=O.Cl. The molecule has 0 aromatic heterocycles. The summed E-state index contributed by atoms with van der Waals surface area (Å²) >= 11 is 0. The fourth-order valence-corrected chi connectivity index (χ4v) is 3.33. The van der Waals surface area contributed by atoms with E-state index in [0.717, 1.165) is 11.4 Å². The van der Waals surface area contributed by atoms with Crippen LogP contribution in [0.4, 0.5) is 4.79 Å². The number of benzene rings is 1. The first kappa shape index (κ1) is 21.1. The smallest absolute Gasteiger partial charge is 0.328 e. The topological polar surface area (TPSA) is 82.2 Å². The van der Waals surface area contributed by atoms with E-state index in [9.17, 15) is 14.4 Å². The van der Waals surface area contributed by atoms with E-state index in [1.165, 1.54) is 5.56 Å². The number of piperazine rings is 1. The molecular formula is C18H25ClN4O4. The molecule has 1 unspecified atom stereocenters. The highest BCUT2D eigenvalue weighted by atomic mass is 35.5. The van der Waals surface area contributed by atoms with Crippen molar-refractivity contribution in [1.29, 1.82) is 0 Å². The number of amides is 4. The number of carbonyl (C=O) groups excluding carboxylic acids is 3. The summed E-state index contributed by atoms with van der Waals surface area (Å²) in [6, 6.07) is 9.15. The Hall–Kier alpha value is -2.16. The first-order valence-electron chi connectivity index (χ1n) is 8.74. The van der Waals surface area contributed by atoms with E-state index in [4.69, 9.17) is 4.74 Å². The van der Waals surface area contributed by atoms with Crippen molar-refractivity contribution in [2.24, 2.45) is 0 Å². The Kier molecular flexibility index (Phi) is 7.58. The van der Waals surface area contributed by atoms with Gasteiger partial charge in [0.05, 0.1) is 6.61 Å². The van der Waals surface area contributed by atoms with E-state index in [1.807, 2.05) is 30.3 Å². The van der Waals surface area contributed by atoms with Crippen LogP contribution in [0.1, 0.15) is 5.56 Å². The lowest BCUT2D eigenvalue weighted by atomic mass is 10.1. The molecule has 2 heterocycles. The van der Waals surface area contributed by atoms with Crippen molar-refractivity contribution >= 4 is 30.3 Å². The molecule has 27 heavy (non-hydrogen) atoms. The molecule has 1 N–H and O–H groups in total. The van der Waals surface area contributed by atoms with Gasteiger partial charge in [0.25, 0.3) is 5.91 Å². The molecule has 1 aromatic carbocycles. The van der Waals surface area contributed by atoms with Gasteiger partial charge < -0.3 is 15.0 Å². The first-order chi connectivity index (χ1) is 12.6. The summed E-state index contributed by atoms with van der Waals surface area (Å²) in [6.45, 7) is 2.92. The standard InChI is InChI=1S/C18H24N4O4.ClH/c1-26-10-7-19-16(23)13-22-17(24)15-12-20(8-9-21(15)18(22)25)11-14-5-3-2-4-6-14;/h2-6,15H,7-13H2,1H3,(H,19,23);1H. The van der Waals surface area contributed by atoms with Crippen molar-refractivity contribution < 1.29 is 19.1 Å². The number of imide groups is 1. The van der Waals surface area contributed by atoms with Crippen LogP contribution in [-0.4, -0.2) is 85.0 Å². The van der Waals surface area contributed by atoms with Gasteiger partial charge in [-0.05, 0) is 5.56 Å². The molecular weight excluding hydrogens is 372 g/mol. The fourth-order valence-electron chi connectivity index (χ4n) is 3.33. The number of methoxy groups -OCH3 is 1. The highest BCUT2D eigenvalue weighted by molar-refractivity contribution is 6.06. The largest absolute Gasteiger partial charge is 0.383 e. The van der Waals surface area contributed by atoms with E-state index in [2.05, 4.69) is 10.2 Å². The first-order valence-corrected chi connectivity index (χ1v) is 8.74. The van der Waals surface area contributed by atoms with Gasteiger partial charge in [0.2, 0.25) is 5.91 Å². The molecule has 0 saturated carbocycles. The van der Waals surface area contributed by atoms with Crippen molar-refractivity contribution in [3.63, 3.8) is 0 Å².